The van der Waals surface area contributed by atoms with Crippen molar-refractivity contribution in [3.8, 4) is 0 Å². The zero-order chi connectivity index (χ0) is 20.9. The molecular formula is C23H31N7+2. The second kappa shape index (κ2) is 9.19. The number of quaternary nitrogens is 2. The molecule has 1 aromatic heterocycles. The summed E-state index contributed by atoms with van der Waals surface area (Å²) < 4.78 is 0. The van der Waals surface area contributed by atoms with E-state index in [9.17, 15) is 0 Å². The van der Waals surface area contributed by atoms with Crippen molar-refractivity contribution in [3.63, 3.8) is 0 Å². The number of nitrogens with zero attached hydrogens (tertiary/aromatic N) is 3. The average Bonchev–Trinajstić information content (AvgIpc) is 2.72. The lowest BCUT2D eigenvalue weighted by Gasteiger charge is -2.29. The number of piperazine rings is 1. The van der Waals surface area contributed by atoms with Gasteiger partial charge in [-0.1, -0.05) is 48.0 Å². The molecule has 7 nitrogen and oxygen atoms in total. The van der Waals surface area contributed by atoms with E-state index in [0.717, 1.165) is 56.3 Å². The fourth-order valence-corrected chi connectivity index (χ4v) is 4.07. The van der Waals surface area contributed by atoms with Crippen LogP contribution in [0, 0.1) is 13.8 Å². The molecule has 1 fully saturated rings. The maximum Gasteiger partial charge on any atom is 0.232 e. The number of nitrogens with two attached hydrogens (primary N) is 1. The van der Waals surface area contributed by atoms with Gasteiger partial charge in [0.25, 0.3) is 0 Å². The summed E-state index contributed by atoms with van der Waals surface area (Å²) >= 11 is 0. The quantitative estimate of drug-likeness (QED) is 0.474. The van der Waals surface area contributed by atoms with E-state index in [4.69, 9.17) is 5.73 Å². The molecule has 30 heavy (non-hydrogen) atoms. The summed E-state index contributed by atoms with van der Waals surface area (Å²) in [6.45, 7) is 10.5. The van der Waals surface area contributed by atoms with Crippen molar-refractivity contribution in [1.82, 2.24) is 15.0 Å². The lowest BCUT2D eigenvalue weighted by atomic mass is 10.1. The third kappa shape index (κ3) is 5.31. The van der Waals surface area contributed by atoms with Gasteiger partial charge < -0.3 is 20.9 Å². The highest BCUT2D eigenvalue weighted by molar-refractivity contribution is 5.59. The van der Waals surface area contributed by atoms with Gasteiger partial charge in [0.1, 0.15) is 39.3 Å². The fourth-order valence-electron chi connectivity index (χ4n) is 4.07. The Kier molecular flexibility index (Phi) is 6.21. The molecule has 0 amide bonds. The van der Waals surface area contributed by atoms with Gasteiger partial charge in [-0.2, -0.15) is 15.0 Å². The Morgan fingerprint density at radius 1 is 0.867 bits per heavy atom. The Hall–Kier alpha value is -3.03. The SMILES string of the molecule is Cc1ccc(Nc2nc(N)nc(C[NH+]3CC[NH+](Cc4ccccc4)CC3)n2)c(C)c1. The molecule has 2 aromatic carbocycles. The van der Waals surface area contributed by atoms with Crippen LogP contribution in [-0.2, 0) is 13.1 Å². The first-order chi connectivity index (χ1) is 14.5. The molecule has 0 atom stereocenters. The van der Waals surface area contributed by atoms with Crippen LogP contribution < -0.4 is 20.9 Å². The van der Waals surface area contributed by atoms with E-state index >= 15 is 0 Å². The van der Waals surface area contributed by atoms with Gasteiger partial charge >= 0.3 is 0 Å². The summed E-state index contributed by atoms with van der Waals surface area (Å²) in [6.07, 6.45) is 0. The molecular weight excluding hydrogens is 374 g/mol. The van der Waals surface area contributed by atoms with Crippen LogP contribution in [0.15, 0.2) is 48.5 Å². The molecule has 0 aliphatic carbocycles. The summed E-state index contributed by atoms with van der Waals surface area (Å²) in [5.74, 6) is 1.52. The summed E-state index contributed by atoms with van der Waals surface area (Å²) in [7, 11) is 0. The van der Waals surface area contributed by atoms with E-state index in [0.29, 0.717) is 5.95 Å². The van der Waals surface area contributed by atoms with E-state index in [1.54, 1.807) is 4.90 Å². The van der Waals surface area contributed by atoms with Crippen molar-refractivity contribution in [2.45, 2.75) is 26.9 Å². The van der Waals surface area contributed by atoms with E-state index in [1.165, 1.54) is 16.0 Å². The highest BCUT2D eigenvalue weighted by Crippen LogP contribution is 2.19. The Morgan fingerprint density at radius 3 is 2.27 bits per heavy atom. The molecule has 7 heteroatoms. The number of hydrogen-bond acceptors (Lipinski definition) is 5. The molecule has 5 N–H and O–H groups in total. The number of rotatable bonds is 6. The number of nitrogens with one attached hydrogen (secondary N) is 3. The molecule has 0 radical (unpaired) electrons. The van der Waals surface area contributed by atoms with Gasteiger partial charge in [0.05, 0.1) is 0 Å². The molecule has 0 bridgehead atoms. The highest BCUT2D eigenvalue weighted by atomic mass is 15.3. The molecule has 1 aliphatic rings. The number of benzene rings is 2. The first-order valence-corrected chi connectivity index (χ1v) is 10.6. The topological polar surface area (TPSA) is 85.6 Å². The van der Waals surface area contributed by atoms with Crippen molar-refractivity contribution in [2.24, 2.45) is 0 Å². The van der Waals surface area contributed by atoms with Crippen LogP contribution in [0.2, 0.25) is 0 Å². The predicted molar refractivity (Wildman–Crippen MR) is 119 cm³/mol. The average molecular weight is 406 g/mol. The third-order valence-corrected chi connectivity index (χ3v) is 5.70. The van der Waals surface area contributed by atoms with E-state index in [1.807, 2.05) is 6.07 Å². The first kappa shape index (κ1) is 20.3. The van der Waals surface area contributed by atoms with E-state index < -0.39 is 0 Å². The maximum atomic E-state index is 5.97. The van der Waals surface area contributed by atoms with E-state index in [-0.39, 0.29) is 5.95 Å². The maximum absolute atomic E-state index is 5.97. The molecule has 3 aromatic rings. The number of nitrogen functional groups attached to an aromatic ring is 1. The number of anilines is 3. The second-order valence-electron chi connectivity index (χ2n) is 8.22. The Morgan fingerprint density at radius 2 is 1.57 bits per heavy atom. The van der Waals surface area contributed by atoms with Crippen molar-refractivity contribution in [2.75, 3.05) is 37.2 Å². The van der Waals surface area contributed by atoms with Crippen molar-refractivity contribution in [1.29, 1.82) is 0 Å². The van der Waals surface area contributed by atoms with Gasteiger partial charge in [-0.25, -0.2) is 0 Å². The summed E-state index contributed by atoms with van der Waals surface area (Å²) in [5, 5.41) is 3.30. The van der Waals surface area contributed by atoms with Crippen LogP contribution in [0.4, 0.5) is 17.6 Å². The minimum atomic E-state index is 0.264. The van der Waals surface area contributed by atoms with Gasteiger partial charge in [0, 0.05) is 11.3 Å². The minimum absolute atomic E-state index is 0.264. The highest BCUT2D eigenvalue weighted by Gasteiger charge is 2.24. The number of aryl methyl sites for hydroxylation is 2. The zero-order valence-corrected chi connectivity index (χ0v) is 17.8. The normalized spacial score (nSPS) is 18.9. The zero-order valence-electron chi connectivity index (χ0n) is 17.8. The Bertz CT molecular complexity index is 982. The molecule has 1 aliphatic heterocycles. The van der Waals surface area contributed by atoms with Gasteiger partial charge in [0.2, 0.25) is 11.9 Å². The van der Waals surface area contributed by atoms with Crippen molar-refractivity contribution >= 4 is 17.6 Å². The summed E-state index contributed by atoms with van der Waals surface area (Å²) in [5.41, 5.74) is 10.7. The summed E-state index contributed by atoms with van der Waals surface area (Å²) in [4.78, 5) is 16.4. The lowest BCUT2D eigenvalue weighted by molar-refractivity contribution is -1.02. The molecule has 0 unspecified atom stereocenters. The monoisotopic (exact) mass is 405 g/mol. The van der Waals surface area contributed by atoms with Crippen LogP contribution in [0.25, 0.3) is 0 Å². The Labute approximate surface area is 178 Å². The molecule has 1 saturated heterocycles. The van der Waals surface area contributed by atoms with E-state index in [2.05, 4.69) is 76.6 Å². The van der Waals surface area contributed by atoms with Crippen LogP contribution in [-0.4, -0.2) is 41.1 Å². The second-order valence-corrected chi connectivity index (χ2v) is 8.22. The summed E-state index contributed by atoms with van der Waals surface area (Å²) in [6, 6.07) is 17.0. The predicted octanol–water partition coefficient (Wildman–Crippen LogP) is 0.298. The smallest absolute Gasteiger partial charge is 0.232 e. The van der Waals surface area contributed by atoms with Crippen LogP contribution >= 0.6 is 0 Å². The Balaban J connectivity index is 1.36. The van der Waals surface area contributed by atoms with Crippen LogP contribution in [0.5, 0.6) is 0 Å². The van der Waals surface area contributed by atoms with Crippen LogP contribution in [0.3, 0.4) is 0 Å². The van der Waals surface area contributed by atoms with Gasteiger partial charge in [0.15, 0.2) is 5.82 Å². The molecule has 156 valence electrons. The molecule has 2 heterocycles. The lowest BCUT2D eigenvalue weighted by Crippen LogP contribution is -3.27. The first-order valence-electron chi connectivity index (χ1n) is 10.6. The van der Waals surface area contributed by atoms with Gasteiger partial charge in [-0.15, -0.1) is 0 Å². The molecule has 0 saturated carbocycles. The number of hydrogen-bond donors (Lipinski definition) is 4. The number of aromatic nitrogens is 3. The standard InChI is InChI=1S/C23H29N7/c1-17-8-9-20(18(2)14-17)25-23-27-21(26-22(24)28-23)16-30-12-10-29(11-13-30)15-19-6-4-3-5-7-19/h3-9,14H,10-13,15-16H2,1-2H3,(H3,24,25,26,27,28)/p+2. The van der Waals surface area contributed by atoms with Crippen molar-refractivity contribution in [3.05, 3.63) is 71.0 Å². The fraction of sp³-hybridized carbons (Fsp3) is 0.348. The van der Waals surface area contributed by atoms with Crippen LogP contribution in [0.1, 0.15) is 22.5 Å². The molecule has 4 rings (SSSR count). The molecule has 0 spiro atoms. The van der Waals surface area contributed by atoms with Crippen molar-refractivity contribution < 1.29 is 9.80 Å². The largest absolute Gasteiger partial charge is 0.368 e. The minimum Gasteiger partial charge on any atom is -0.368 e. The third-order valence-electron chi connectivity index (χ3n) is 5.70. The van der Waals surface area contributed by atoms with Gasteiger partial charge in [-0.3, -0.25) is 0 Å². The van der Waals surface area contributed by atoms with Gasteiger partial charge in [-0.05, 0) is 25.5 Å².